The predicted octanol–water partition coefficient (Wildman–Crippen LogP) is 3.02. The Bertz CT molecular complexity index is 227. The van der Waals surface area contributed by atoms with Crippen molar-refractivity contribution in [1.82, 2.24) is 0 Å². The molecule has 4 heteroatoms. The molecule has 1 aromatic heterocycles. The summed E-state index contributed by atoms with van der Waals surface area (Å²) < 4.78 is 0.800. The van der Waals surface area contributed by atoms with E-state index in [-0.39, 0.29) is 17.9 Å². The highest BCUT2D eigenvalue weighted by atomic mass is 35.5. The van der Waals surface area contributed by atoms with Gasteiger partial charge in [0.05, 0.1) is 4.34 Å². The topological polar surface area (TPSA) is 26.0 Å². The molecule has 11 heavy (non-hydrogen) atoms. The maximum absolute atomic E-state index is 5.82. The Labute approximate surface area is 82.0 Å². The van der Waals surface area contributed by atoms with E-state index in [0.29, 0.717) is 0 Å². The molecule has 0 saturated heterocycles. The summed E-state index contributed by atoms with van der Waals surface area (Å²) >= 11 is 7.26. The van der Waals surface area contributed by atoms with Crippen LogP contribution < -0.4 is 5.73 Å². The summed E-state index contributed by atoms with van der Waals surface area (Å²) in [6.07, 6.45) is 0. The molecule has 0 atom stereocenters. The number of nitrogens with two attached hydrogens (primary N) is 1. The molecule has 0 aliphatic heterocycles. The summed E-state index contributed by atoms with van der Waals surface area (Å²) in [6, 6.07) is 3.84. The number of hydrogen-bond acceptors (Lipinski definition) is 2. The first-order valence-corrected chi connectivity index (χ1v) is 4.24. The van der Waals surface area contributed by atoms with E-state index >= 15 is 0 Å². The summed E-state index contributed by atoms with van der Waals surface area (Å²) in [5.74, 6) is 0. The summed E-state index contributed by atoms with van der Waals surface area (Å²) in [5.41, 5.74) is 5.57. The van der Waals surface area contributed by atoms with Gasteiger partial charge in [0.1, 0.15) is 0 Å². The van der Waals surface area contributed by atoms with Crippen LogP contribution in [-0.2, 0) is 5.54 Å². The minimum Gasteiger partial charge on any atom is -0.321 e. The van der Waals surface area contributed by atoms with Crippen molar-refractivity contribution in [2.24, 2.45) is 5.73 Å². The molecule has 1 nitrogen and oxygen atoms in total. The lowest BCUT2D eigenvalue weighted by atomic mass is 10.1. The molecule has 0 saturated carbocycles. The Kier molecular flexibility index (Phi) is 3.85. The van der Waals surface area contributed by atoms with Gasteiger partial charge in [-0.15, -0.1) is 23.7 Å². The Hall–Kier alpha value is 0.240. The van der Waals surface area contributed by atoms with Gasteiger partial charge < -0.3 is 5.73 Å². The molecule has 1 rings (SSSR count). The van der Waals surface area contributed by atoms with Crippen molar-refractivity contribution < 1.29 is 0 Å². The monoisotopic (exact) mass is 211 g/mol. The zero-order valence-electron chi connectivity index (χ0n) is 6.43. The van der Waals surface area contributed by atoms with E-state index in [4.69, 9.17) is 17.3 Å². The Morgan fingerprint density at radius 3 is 2.18 bits per heavy atom. The second kappa shape index (κ2) is 3.76. The third-order valence-electron chi connectivity index (χ3n) is 1.21. The van der Waals surface area contributed by atoms with Gasteiger partial charge in [-0.2, -0.15) is 0 Å². The second-order valence-electron chi connectivity index (χ2n) is 2.83. The van der Waals surface area contributed by atoms with Crippen molar-refractivity contribution in [3.8, 4) is 0 Å². The first-order valence-electron chi connectivity index (χ1n) is 3.05. The van der Waals surface area contributed by atoms with Crippen LogP contribution >= 0.6 is 35.3 Å². The van der Waals surface area contributed by atoms with Crippen molar-refractivity contribution in [3.63, 3.8) is 0 Å². The second-order valence-corrected chi connectivity index (χ2v) is 4.54. The fourth-order valence-corrected chi connectivity index (χ4v) is 1.72. The van der Waals surface area contributed by atoms with Crippen LogP contribution in [0, 0.1) is 0 Å². The Morgan fingerprint density at radius 2 is 2.00 bits per heavy atom. The predicted molar refractivity (Wildman–Crippen MR) is 53.8 cm³/mol. The molecule has 0 radical (unpaired) electrons. The third-order valence-corrected chi connectivity index (χ3v) is 2.78. The summed E-state index contributed by atoms with van der Waals surface area (Å²) in [7, 11) is 0. The molecular weight excluding hydrogens is 201 g/mol. The van der Waals surface area contributed by atoms with Gasteiger partial charge in [0.25, 0.3) is 0 Å². The lowest BCUT2D eigenvalue weighted by Gasteiger charge is -2.15. The molecule has 2 N–H and O–H groups in total. The van der Waals surface area contributed by atoms with Crippen molar-refractivity contribution in [2.75, 3.05) is 0 Å². The fourth-order valence-electron chi connectivity index (χ4n) is 0.661. The van der Waals surface area contributed by atoms with E-state index in [1.165, 1.54) is 11.3 Å². The van der Waals surface area contributed by atoms with Crippen LogP contribution in [0.25, 0.3) is 0 Å². The zero-order valence-corrected chi connectivity index (χ0v) is 8.82. The molecule has 1 aromatic rings. The Morgan fingerprint density at radius 1 is 1.45 bits per heavy atom. The van der Waals surface area contributed by atoms with E-state index in [2.05, 4.69) is 0 Å². The first kappa shape index (κ1) is 11.2. The van der Waals surface area contributed by atoms with Crippen LogP contribution in [0.15, 0.2) is 12.1 Å². The Balaban J connectivity index is 0.000001000. The molecular formula is C7H11Cl2NS. The minimum atomic E-state index is -0.252. The van der Waals surface area contributed by atoms with E-state index in [9.17, 15) is 0 Å². The highest BCUT2D eigenvalue weighted by Gasteiger charge is 2.15. The molecule has 0 aliphatic carbocycles. The van der Waals surface area contributed by atoms with Gasteiger partial charge >= 0.3 is 0 Å². The van der Waals surface area contributed by atoms with E-state index < -0.39 is 0 Å². The molecule has 0 aliphatic rings. The number of rotatable bonds is 1. The van der Waals surface area contributed by atoms with Gasteiger partial charge in [0, 0.05) is 10.4 Å². The maximum Gasteiger partial charge on any atom is 0.0931 e. The minimum absolute atomic E-state index is 0. The molecule has 0 amide bonds. The fraction of sp³-hybridized carbons (Fsp3) is 0.429. The van der Waals surface area contributed by atoms with Crippen LogP contribution in [0.2, 0.25) is 4.34 Å². The zero-order chi connectivity index (χ0) is 7.78. The lowest BCUT2D eigenvalue weighted by Crippen LogP contribution is -2.27. The quantitative estimate of drug-likeness (QED) is 0.760. The molecule has 1 heterocycles. The van der Waals surface area contributed by atoms with Gasteiger partial charge in [-0.05, 0) is 26.0 Å². The van der Waals surface area contributed by atoms with Crippen molar-refractivity contribution in [3.05, 3.63) is 21.3 Å². The van der Waals surface area contributed by atoms with Crippen molar-refractivity contribution in [1.29, 1.82) is 0 Å². The van der Waals surface area contributed by atoms with Crippen LogP contribution in [-0.4, -0.2) is 0 Å². The number of hydrogen-bond donors (Lipinski definition) is 1. The van der Waals surface area contributed by atoms with Crippen LogP contribution in [0.1, 0.15) is 18.7 Å². The third kappa shape index (κ3) is 2.99. The van der Waals surface area contributed by atoms with Gasteiger partial charge in [0.2, 0.25) is 0 Å². The molecule has 0 spiro atoms. The smallest absolute Gasteiger partial charge is 0.0931 e. The summed E-state index contributed by atoms with van der Waals surface area (Å²) in [6.45, 7) is 3.93. The summed E-state index contributed by atoms with van der Waals surface area (Å²) in [4.78, 5) is 1.12. The van der Waals surface area contributed by atoms with E-state index in [0.717, 1.165) is 9.21 Å². The summed E-state index contributed by atoms with van der Waals surface area (Å²) in [5, 5.41) is 0. The van der Waals surface area contributed by atoms with Crippen LogP contribution in [0.5, 0.6) is 0 Å². The van der Waals surface area contributed by atoms with Gasteiger partial charge in [0.15, 0.2) is 0 Å². The average Bonchev–Trinajstić information content (AvgIpc) is 2.11. The molecule has 0 fully saturated rings. The molecule has 64 valence electrons. The molecule has 0 aromatic carbocycles. The van der Waals surface area contributed by atoms with Gasteiger partial charge in [-0.1, -0.05) is 11.6 Å². The number of halogens is 2. The molecule has 0 bridgehead atoms. The lowest BCUT2D eigenvalue weighted by molar-refractivity contribution is 0.567. The van der Waals surface area contributed by atoms with Crippen molar-refractivity contribution >= 4 is 35.3 Å². The van der Waals surface area contributed by atoms with E-state index in [1.54, 1.807) is 0 Å². The van der Waals surface area contributed by atoms with Crippen LogP contribution in [0.3, 0.4) is 0 Å². The van der Waals surface area contributed by atoms with Gasteiger partial charge in [-0.3, -0.25) is 0 Å². The largest absolute Gasteiger partial charge is 0.321 e. The van der Waals surface area contributed by atoms with E-state index in [1.807, 2.05) is 26.0 Å². The number of thiophene rings is 1. The maximum atomic E-state index is 5.82. The van der Waals surface area contributed by atoms with Crippen molar-refractivity contribution in [2.45, 2.75) is 19.4 Å². The standard InChI is InChI=1S/C7H10ClNS.ClH/c1-7(2,9)5-3-4-6(8)10-5;/h3-4H,9H2,1-2H3;1H. The highest BCUT2D eigenvalue weighted by molar-refractivity contribution is 7.16. The molecule has 0 unspecified atom stereocenters. The average molecular weight is 212 g/mol. The highest BCUT2D eigenvalue weighted by Crippen LogP contribution is 2.28. The van der Waals surface area contributed by atoms with Gasteiger partial charge in [-0.25, -0.2) is 0 Å². The SMILES string of the molecule is CC(C)(N)c1ccc(Cl)s1.Cl. The normalized spacial score (nSPS) is 10.9. The first-order chi connectivity index (χ1) is 4.50. The van der Waals surface area contributed by atoms with Crippen LogP contribution in [0.4, 0.5) is 0 Å².